The Labute approximate surface area is 91.6 Å². The molecule has 0 saturated carbocycles. The first-order valence-corrected chi connectivity index (χ1v) is 4.31. The number of benzene rings is 1. The highest BCUT2D eigenvalue weighted by atomic mass is 35.5. The standard InChI is InChI=1S/C8H3Cl2F5/c9-5-1-4(2-6(10)3-5)7(11,12)8(13,14)15/h1-3H. The summed E-state index contributed by atoms with van der Waals surface area (Å²) in [6.07, 6.45) is -5.67. The van der Waals surface area contributed by atoms with Crippen molar-refractivity contribution in [3.8, 4) is 0 Å². The van der Waals surface area contributed by atoms with Crippen LogP contribution >= 0.6 is 23.2 Å². The largest absolute Gasteiger partial charge is 0.458 e. The molecule has 0 atom stereocenters. The zero-order valence-corrected chi connectivity index (χ0v) is 8.39. The second-order valence-corrected chi connectivity index (χ2v) is 3.60. The summed E-state index contributed by atoms with van der Waals surface area (Å²) < 4.78 is 61.4. The molecule has 0 unspecified atom stereocenters. The summed E-state index contributed by atoms with van der Waals surface area (Å²) in [6, 6.07) is 2.13. The van der Waals surface area contributed by atoms with E-state index in [9.17, 15) is 22.0 Å². The fourth-order valence-electron chi connectivity index (χ4n) is 0.899. The summed E-state index contributed by atoms with van der Waals surface area (Å²) in [5.74, 6) is -4.96. The lowest BCUT2D eigenvalue weighted by Crippen LogP contribution is -2.33. The first-order valence-electron chi connectivity index (χ1n) is 3.55. The molecule has 7 heteroatoms. The van der Waals surface area contributed by atoms with E-state index in [1.165, 1.54) is 0 Å². The van der Waals surface area contributed by atoms with E-state index in [0.717, 1.165) is 6.07 Å². The molecule has 84 valence electrons. The molecule has 0 bridgehead atoms. The Hall–Kier alpha value is -0.550. The molecule has 0 aliphatic rings. The molecule has 0 aromatic heterocycles. The topological polar surface area (TPSA) is 0 Å². The molecule has 0 nitrogen and oxygen atoms in total. The Morgan fingerprint density at radius 3 is 1.53 bits per heavy atom. The Morgan fingerprint density at radius 2 is 1.20 bits per heavy atom. The van der Waals surface area contributed by atoms with Gasteiger partial charge in [-0.1, -0.05) is 23.2 Å². The van der Waals surface area contributed by atoms with Gasteiger partial charge in [0.25, 0.3) is 0 Å². The van der Waals surface area contributed by atoms with Gasteiger partial charge in [-0.15, -0.1) is 0 Å². The van der Waals surface area contributed by atoms with Gasteiger partial charge in [0.1, 0.15) is 0 Å². The minimum absolute atomic E-state index is 0.276. The molecular weight excluding hydrogens is 262 g/mol. The monoisotopic (exact) mass is 264 g/mol. The van der Waals surface area contributed by atoms with Crippen LogP contribution in [0.5, 0.6) is 0 Å². The quantitative estimate of drug-likeness (QED) is 0.648. The second-order valence-electron chi connectivity index (χ2n) is 2.73. The smallest absolute Gasteiger partial charge is 0.191 e. The van der Waals surface area contributed by atoms with E-state index >= 15 is 0 Å². The van der Waals surface area contributed by atoms with Crippen LogP contribution in [0.15, 0.2) is 18.2 Å². The van der Waals surface area contributed by atoms with E-state index < -0.39 is 17.7 Å². The van der Waals surface area contributed by atoms with E-state index in [2.05, 4.69) is 0 Å². The van der Waals surface area contributed by atoms with Crippen molar-refractivity contribution in [1.82, 2.24) is 0 Å². The van der Waals surface area contributed by atoms with Crippen LogP contribution in [-0.2, 0) is 5.92 Å². The first kappa shape index (κ1) is 12.5. The average molecular weight is 265 g/mol. The third-order valence-electron chi connectivity index (χ3n) is 1.58. The molecule has 0 radical (unpaired) electrons. The van der Waals surface area contributed by atoms with Gasteiger partial charge < -0.3 is 0 Å². The van der Waals surface area contributed by atoms with Gasteiger partial charge in [-0.2, -0.15) is 22.0 Å². The fraction of sp³-hybridized carbons (Fsp3) is 0.250. The summed E-state index contributed by atoms with van der Waals surface area (Å²) in [5, 5.41) is -0.553. The molecule has 0 spiro atoms. The van der Waals surface area contributed by atoms with E-state index in [4.69, 9.17) is 23.2 Å². The molecule has 0 amide bonds. The van der Waals surface area contributed by atoms with Crippen LogP contribution in [-0.4, -0.2) is 6.18 Å². The van der Waals surface area contributed by atoms with E-state index in [-0.39, 0.29) is 10.0 Å². The normalized spacial score (nSPS) is 13.0. The van der Waals surface area contributed by atoms with Gasteiger partial charge in [0.05, 0.1) is 0 Å². The summed E-state index contributed by atoms with van der Waals surface area (Å²) in [5.41, 5.74) is -1.27. The van der Waals surface area contributed by atoms with Crippen molar-refractivity contribution >= 4 is 23.2 Å². The van der Waals surface area contributed by atoms with Gasteiger partial charge in [-0.25, -0.2) is 0 Å². The van der Waals surface area contributed by atoms with Crippen LogP contribution in [0.4, 0.5) is 22.0 Å². The van der Waals surface area contributed by atoms with Crippen molar-refractivity contribution in [1.29, 1.82) is 0 Å². The molecular formula is C8H3Cl2F5. The number of rotatable bonds is 1. The maximum atomic E-state index is 12.8. The molecule has 0 aliphatic carbocycles. The predicted octanol–water partition coefficient (Wildman–Crippen LogP) is 4.65. The van der Waals surface area contributed by atoms with Crippen LogP contribution in [0.25, 0.3) is 0 Å². The van der Waals surface area contributed by atoms with Gasteiger partial charge in [0.15, 0.2) is 0 Å². The second kappa shape index (κ2) is 3.79. The van der Waals surface area contributed by atoms with Crippen LogP contribution in [0, 0.1) is 0 Å². The Bertz CT molecular complexity index is 352. The van der Waals surface area contributed by atoms with E-state index in [1.54, 1.807) is 0 Å². The molecule has 1 aromatic carbocycles. The van der Waals surface area contributed by atoms with Gasteiger partial charge >= 0.3 is 12.1 Å². The van der Waals surface area contributed by atoms with Crippen molar-refractivity contribution in [2.75, 3.05) is 0 Å². The zero-order valence-electron chi connectivity index (χ0n) is 6.88. The Balaban J connectivity index is 3.27. The van der Waals surface area contributed by atoms with Crippen molar-refractivity contribution in [3.05, 3.63) is 33.8 Å². The summed E-state index contributed by atoms with van der Waals surface area (Å²) in [4.78, 5) is 0. The van der Waals surface area contributed by atoms with Crippen LogP contribution in [0.3, 0.4) is 0 Å². The Morgan fingerprint density at radius 1 is 0.800 bits per heavy atom. The third-order valence-corrected chi connectivity index (χ3v) is 2.02. The van der Waals surface area contributed by atoms with Gasteiger partial charge in [0.2, 0.25) is 0 Å². The summed E-state index contributed by atoms with van der Waals surface area (Å²) >= 11 is 10.6. The molecule has 0 aliphatic heterocycles. The van der Waals surface area contributed by atoms with Gasteiger partial charge in [-0.05, 0) is 18.2 Å². The van der Waals surface area contributed by atoms with Crippen LogP contribution in [0.2, 0.25) is 10.0 Å². The molecule has 1 aromatic rings. The number of alkyl halides is 5. The van der Waals surface area contributed by atoms with E-state index in [1.807, 2.05) is 0 Å². The maximum absolute atomic E-state index is 12.8. The summed E-state index contributed by atoms with van der Waals surface area (Å²) in [6.45, 7) is 0. The van der Waals surface area contributed by atoms with Crippen molar-refractivity contribution in [2.24, 2.45) is 0 Å². The molecule has 0 heterocycles. The molecule has 0 fully saturated rings. The van der Waals surface area contributed by atoms with Crippen molar-refractivity contribution < 1.29 is 22.0 Å². The Kier molecular flexibility index (Phi) is 3.16. The minimum Gasteiger partial charge on any atom is -0.191 e. The molecule has 15 heavy (non-hydrogen) atoms. The first-order chi connectivity index (χ1) is 6.64. The van der Waals surface area contributed by atoms with Gasteiger partial charge in [-0.3, -0.25) is 0 Å². The lowest BCUT2D eigenvalue weighted by Gasteiger charge is -2.20. The fourth-order valence-corrected chi connectivity index (χ4v) is 1.42. The highest BCUT2D eigenvalue weighted by Gasteiger charge is 2.58. The van der Waals surface area contributed by atoms with Gasteiger partial charge in [0, 0.05) is 15.6 Å². The van der Waals surface area contributed by atoms with E-state index in [0.29, 0.717) is 12.1 Å². The SMILES string of the molecule is FC(F)(F)C(F)(F)c1cc(Cl)cc(Cl)c1. The lowest BCUT2D eigenvalue weighted by atomic mass is 10.1. The molecule has 1 rings (SSSR count). The highest BCUT2D eigenvalue weighted by Crippen LogP contribution is 2.44. The zero-order chi connectivity index (χ0) is 11.9. The van der Waals surface area contributed by atoms with Crippen molar-refractivity contribution in [2.45, 2.75) is 12.1 Å². The minimum atomic E-state index is -5.67. The maximum Gasteiger partial charge on any atom is 0.458 e. The molecule has 0 N–H and O–H groups in total. The third kappa shape index (κ3) is 2.52. The lowest BCUT2D eigenvalue weighted by molar-refractivity contribution is -0.289. The number of hydrogen-bond donors (Lipinski definition) is 0. The highest BCUT2D eigenvalue weighted by molar-refractivity contribution is 6.34. The molecule has 0 saturated heterocycles. The summed E-state index contributed by atoms with van der Waals surface area (Å²) in [7, 11) is 0. The van der Waals surface area contributed by atoms with Crippen LogP contribution in [0.1, 0.15) is 5.56 Å². The van der Waals surface area contributed by atoms with Crippen LogP contribution < -0.4 is 0 Å². The average Bonchev–Trinajstić information content (AvgIpc) is 1.99. The predicted molar refractivity (Wildman–Crippen MR) is 46.4 cm³/mol. The number of hydrogen-bond acceptors (Lipinski definition) is 0. The van der Waals surface area contributed by atoms with Crippen molar-refractivity contribution in [3.63, 3.8) is 0 Å². The number of halogens is 7.